The van der Waals surface area contributed by atoms with E-state index in [1.165, 1.54) is 76.3 Å². The number of nitrogens with one attached hydrogen (secondary N) is 1. The highest BCUT2D eigenvalue weighted by Gasteiger charge is 2.02. The van der Waals surface area contributed by atoms with Crippen LogP contribution in [0.25, 0.3) is 0 Å². The van der Waals surface area contributed by atoms with E-state index in [4.69, 9.17) is 18.0 Å². The highest BCUT2D eigenvalue weighted by atomic mass is 32.1. The minimum atomic E-state index is 0.270. The second kappa shape index (κ2) is 11.2. The smallest absolute Gasteiger partial charge is 0.184 e. The van der Waals surface area contributed by atoms with Crippen LogP contribution >= 0.6 is 12.2 Å². The second-order valence-corrected chi connectivity index (χ2v) is 5.98. The summed E-state index contributed by atoms with van der Waals surface area (Å²) in [6.45, 7) is 0. The lowest BCUT2D eigenvalue weighted by Gasteiger charge is -2.09. The fraction of sp³-hybridized carbons (Fsp3) is 0.867. The van der Waals surface area contributed by atoms with Crippen molar-refractivity contribution >= 4 is 23.0 Å². The lowest BCUT2D eigenvalue weighted by atomic mass is 10.0. The molecular weight excluding hydrogens is 254 g/mol. The van der Waals surface area contributed by atoms with E-state index < -0.39 is 0 Å². The SMILES string of the molecule is NC(=S)NN=C1CCCCCCCCCCCCC1. The Morgan fingerprint density at radius 3 is 1.53 bits per heavy atom. The third-order valence-corrected chi connectivity index (χ3v) is 3.85. The predicted molar refractivity (Wildman–Crippen MR) is 87.4 cm³/mol. The van der Waals surface area contributed by atoms with Crippen molar-refractivity contribution in [3.05, 3.63) is 0 Å². The summed E-state index contributed by atoms with van der Waals surface area (Å²) in [4.78, 5) is 0. The molecule has 0 aromatic rings. The van der Waals surface area contributed by atoms with Crippen LogP contribution in [0.4, 0.5) is 0 Å². The molecule has 0 aromatic heterocycles. The van der Waals surface area contributed by atoms with Crippen molar-refractivity contribution in [2.45, 2.75) is 83.5 Å². The molecule has 0 heterocycles. The normalized spacial score (nSPS) is 20.3. The van der Waals surface area contributed by atoms with Crippen LogP contribution in [0.1, 0.15) is 83.5 Å². The first-order valence-corrected chi connectivity index (χ1v) is 8.31. The first-order chi connectivity index (χ1) is 9.29. The van der Waals surface area contributed by atoms with E-state index in [0.717, 1.165) is 12.8 Å². The molecule has 19 heavy (non-hydrogen) atoms. The van der Waals surface area contributed by atoms with Gasteiger partial charge in [-0.05, 0) is 37.9 Å². The molecule has 0 aromatic carbocycles. The van der Waals surface area contributed by atoms with E-state index in [9.17, 15) is 0 Å². The van der Waals surface area contributed by atoms with Gasteiger partial charge in [0.05, 0.1) is 0 Å². The van der Waals surface area contributed by atoms with E-state index in [1.54, 1.807) is 0 Å². The van der Waals surface area contributed by atoms with Crippen molar-refractivity contribution in [1.29, 1.82) is 0 Å². The molecule has 110 valence electrons. The maximum Gasteiger partial charge on any atom is 0.184 e. The van der Waals surface area contributed by atoms with Crippen molar-refractivity contribution in [3.8, 4) is 0 Å². The summed E-state index contributed by atoms with van der Waals surface area (Å²) in [5, 5.41) is 4.62. The van der Waals surface area contributed by atoms with Crippen molar-refractivity contribution in [1.82, 2.24) is 5.43 Å². The molecule has 0 radical (unpaired) electrons. The van der Waals surface area contributed by atoms with Gasteiger partial charge in [-0.2, -0.15) is 5.10 Å². The zero-order valence-electron chi connectivity index (χ0n) is 12.1. The van der Waals surface area contributed by atoms with Gasteiger partial charge >= 0.3 is 0 Å². The Morgan fingerprint density at radius 2 is 1.16 bits per heavy atom. The van der Waals surface area contributed by atoms with Gasteiger partial charge in [-0.1, -0.05) is 57.8 Å². The topological polar surface area (TPSA) is 50.4 Å². The largest absolute Gasteiger partial charge is 0.375 e. The molecule has 3 nitrogen and oxygen atoms in total. The molecule has 0 bridgehead atoms. The molecule has 0 spiro atoms. The van der Waals surface area contributed by atoms with Gasteiger partial charge < -0.3 is 5.73 Å². The van der Waals surface area contributed by atoms with Crippen molar-refractivity contribution < 1.29 is 0 Å². The van der Waals surface area contributed by atoms with Crippen LogP contribution in [-0.2, 0) is 0 Å². The number of hydrazone groups is 1. The summed E-state index contributed by atoms with van der Waals surface area (Å²) in [5.74, 6) is 0. The molecule has 0 atom stereocenters. The van der Waals surface area contributed by atoms with Crippen LogP contribution in [0, 0.1) is 0 Å². The Hall–Kier alpha value is -0.640. The molecule has 4 heteroatoms. The Balaban J connectivity index is 2.35. The van der Waals surface area contributed by atoms with E-state index in [0.29, 0.717) is 0 Å². The van der Waals surface area contributed by atoms with Gasteiger partial charge in [-0.15, -0.1) is 0 Å². The summed E-state index contributed by atoms with van der Waals surface area (Å²) in [6.07, 6.45) is 17.2. The van der Waals surface area contributed by atoms with E-state index in [1.807, 2.05) is 0 Å². The molecule has 1 aliphatic rings. The zero-order valence-corrected chi connectivity index (χ0v) is 12.9. The predicted octanol–water partition coefficient (Wildman–Crippen LogP) is 4.26. The van der Waals surface area contributed by atoms with Gasteiger partial charge in [0.2, 0.25) is 0 Å². The van der Waals surface area contributed by atoms with E-state index >= 15 is 0 Å². The van der Waals surface area contributed by atoms with Gasteiger partial charge in [0, 0.05) is 5.71 Å². The molecular formula is C15H29N3S. The quantitative estimate of drug-likeness (QED) is 0.558. The number of hydrogen-bond acceptors (Lipinski definition) is 2. The monoisotopic (exact) mass is 283 g/mol. The average molecular weight is 283 g/mol. The molecule has 0 aliphatic heterocycles. The second-order valence-electron chi connectivity index (χ2n) is 5.54. The Morgan fingerprint density at radius 1 is 0.789 bits per heavy atom. The first-order valence-electron chi connectivity index (χ1n) is 7.90. The Kier molecular flexibility index (Phi) is 9.68. The molecule has 1 fully saturated rings. The van der Waals surface area contributed by atoms with E-state index in [2.05, 4.69) is 10.5 Å². The lowest BCUT2D eigenvalue weighted by molar-refractivity contribution is 0.543. The molecule has 0 saturated heterocycles. The number of nitrogens with two attached hydrogens (primary N) is 1. The first kappa shape index (κ1) is 16.4. The number of thiocarbonyl (C=S) groups is 1. The number of hydrogen-bond donors (Lipinski definition) is 2. The molecule has 0 amide bonds. The van der Waals surface area contributed by atoms with Gasteiger partial charge in [-0.3, -0.25) is 5.43 Å². The minimum Gasteiger partial charge on any atom is -0.375 e. The zero-order chi connectivity index (χ0) is 13.8. The molecule has 3 N–H and O–H groups in total. The Bertz CT molecular complexity index is 261. The third-order valence-electron chi connectivity index (χ3n) is 3.75. The summed E-state index contributed by atoms with van der Waals surface area (Å²) >= 11 is 4.81. The van der Waals surface area contributed by atoms with Gasteiger partial charge in [0.15, 0.2) is 5.11 Å². The number of nitrogens with zero attached hydrogens (tertiary/aromatic N) is 1. The highest BCUT2D eigenvalue weighted by Crippen LogP contribution is 2.15. The van der Waals surface area contributed by atoms with Gasteiger partial charge in [-0.25, -0.2) is 0 Å². The highest BCUT2D eigenvalue weighted by molar-refractivity contribution is 7.80. The molecule has 0 unspecified atom stereocenters. The summed E-state index contributed by atoms with van der Waals surface area (Å²) in [6, 6.07) is 0. The van der Waals surface area contributed by atoms with Crippen LogP contribution in [0.3, 0.4) is 0 Å². The fourth-order valence-electron chi connectivity index (χ4n) is 2.62. The Labute approximate surface area is 123 Å². The summed E-state index contributed by atoms with van der Waals surface area (Å²) in [7, 11) is 0. The molecule has 1 saturated carbocycles. The lowest BCUT2D eigenvalue weighted by Crippen LogP contribution is -2.25. The summed E-state index contributed by atoms with van der Waals surface area (Å²) < 4.78 is 0. The standard InChI is InChI=1S/C15H29N3S/c16-15(19)18-17-14-12-10-8-6-4-2-1-3-5-7-9-11-13-14/h1-13H2,(H3,16,18,19). The third kappa shape index (κ3) is 9.88. The van der Waals surface area contributed by atoms with Crippen LogP contribution in [0.5, 0.6) is 0 Å². The van der Waals surface area contributed by atoms with Gasteiger partial charge in [0.1, 0.15) is 0 Å². The fourth-order valence-corrected chi connectivity index (χ4v) is 2.67. The van der Waals surface area contributed by atoms with Crippen molar-refractivity contribution in [2.24, 2.45) is 10.8 Å². The average Bonchev–Trinajstić information content (AvgIpc) is 2.39. The minimum absolute atomic E-state index is 0.270. The molecule has 1 rings (SSSR count). The van der Waals surface area contributed by atoms with Crippen molar-refractivity contribution in [3.63, 3.8) is 0 Å². The van der Waals surface area contributed by atoms with Crippen LogP contribution < -0.4 is 11.2 Å². The van der Waals surface area contributed by atoms with E-state index in [-0.39, 0.29) is 5.11 Å². The van der Waals surface area contributed by atoms with Crippen molar-refractivity contribution in [2.75, 3.05) is 0 Å². The van der Waals surface area contributed by atoms with Crippen LogP contribution in [0.15, 0.2) is 5.10 Å². The molecule has 1 aliphatic carbocycles. The van der Waals surface area contributed by atoms with Crippen LogP contribution in [0.2, 0.25) is 0 Å². The van der Waals surface area contributed by atoms with Crippen LogP contribution in [-0.4, -0.2) is 10.8 Å². The maximum absolute atomic E-state index is 5.43. The number of rotatable bonds is 1. The summed E-state index contributed by atoms with van der Waals surface area (Å²) in [5.41, 5.74) is 9.42. The maximum atomic E-state index is 5.43. The van der Waals surface area contributed by atoms with Gasteiger partial charge in [0.25, 0.3) is 0 Å².